The molecule has 1 amide bonds. The standard InChI is InChI=1S/C18H22N2O3/c1-22-14-9-8-13(16(11-14)23-2)10-15-18(21)20-17(19-15)12-6-4-3-5-7-12/h8-12H,3-7H2,1-2H3,(H,19,20,21)/b15-10+. The maximum atomic E-state index is 12.2. The first kappa shape index (κ1) is 15.6. The lowest BCUT2D eigenvalue weighted by Gasteiger charge is -2.20. The summed E-state index contributed by atoms with van der Waals surface area (Å²) in [5, 5.41) is 2.93. The van der Waals surface area contributed by atoms with Crippen LogP contribution in [0.1, 0.15) is 37.7 Å². The molecule has 3 rings (SSSR count). The zero-order valence-corrected chi connectivity index (χ0v) is 13.6. The second-order valence-electron chi connectivity index (χ2n) is 5.92. The molecule has 0 spiro atoms. The first-order valence-electron chi connectivity index (χ1n) is 8.05. The Labute approximate surface area is 136 Å². The summed E-state index contributed by atoms with van der Waals surface area (Å²) in [4.78, 5) is 16.7. The lowest BCUT2D eigenvalue weighted by Crippen LogP contribution is -2.31. The summed E-state index contributed by atoms with van der Waals surface area (Å²) in [6.45, 7) is 0. The number of methoxy groups -OCH3 is 2. The molecule has 1 aliphatic heterocycles. The Balaban J connectivity index is 1.86. The number of aliphatic imine (C=N–C) groups is 1. The molecular weight excluding hydrogens is 292 g/mol. The Kier molecular flexibility index (Phi) is 4.65. The third-order valence-corrected chi connectivity index (χ3v) is 4.44. The number of carbonyl (C=O) groups excluding carboxylic acids is 1. The summed E-state index contributed by atoms with van der Waals surface area (Å²) >= 11 is 0. The number of nitrogens with one attached hydrogen (secondary N) is 1. The van der Waals surface area contributed by atoms with Crippen molar-refractivity contribution in [3.8, 4) is 11.5 Å². The van der Waals surface area contributed by atoms with Crippen molar-refractivity contribution in [2.24, 2.45) is 10.9 Å². The average Bonchev–Trinajstić information content (AvgIpc) is 2.97. The van der Waals surface area contributed by atoms with Gasteiger partial charge in [0.05, 0.1) is 14.2 Å². The molecule has 23 heavy (non-hydrogen) atoms. The minimum atomic E-state index is -0.136. The maximum absolute atomic E-state index is 12.2. The van der Waals surface area contributed by atoms with Crippen LogP contribution in [-0.2, 0) is 4.79 Å². The topological polar surface area (TPSA) is 59.9 Å². The van der Waals surface area contributed by atoms with E-state index in [0.717, 1.165) is 24.2 Å². The Hall–Kier alpha value is -2.30. The number of carbonyl (C=O) groups is 1. The van der Waals surface area contributed by atoms with Crippen LogP contribution in [0.3, 0.4) is 0 Å². The average molecular weight is 314 g/mol. The number of nitrogens with zero attached hydrogens (tertiary/aromatic N) is 1. The van der Waals surface area contributed by atoms with Gasteiger partial charge in [-0.05, 0) is 31.1 Å². The Bertz CT molecular complexity index is 658. The molecule has 0 atom stereocenters. The number of hydrogen-bond acceptors (Lipinski definition) is 4. The van der Waals surface area contributed by atoms with Gasteiger partial charge in [-0.25, -0.2) is 4.99 Å². The molecule has 5 heteroatoms. The molecular formula is C18H22N2O3. The van der Waals surface area contributed by atoms with Gasteiger partial charge in [0.15, 0.2) is 0 Å². The van der Waals surface area contributed by atoms with Gasteiger partial charge in [-0.3, -0.25) is 4.79 Å². The van der Waals surface area contributed by atoms with Gasteiger partial charge in [-0.1, -0.05) is 19.3 Å². The van der Waals surface area contributed by atoms with Crippen LogP contribution in [0.4, 0.5) is 0 Å². The van der Waals surface area contributed by atoms with Crippen molar-refractivity contribution in [2.45, 2.75) is 32.1 Å². The first-order valence-corrected chi connectivity index (χ1v) is 8.05. The van der Waals surface area contributed by atoms with E-state index >= 15 is 0 Å². The molecule has 1 heterocycles. The third kappa shape index (κ3) is 3.38. The van der Waals surface area contributed by atoms with E-state index in [9.17, 15) is 4.79 Å². The molecule has 0 aromatic heterocycles. The van der Waals surface area contributed by atoms with Gasteiger partial charge < -0.3 is 14.8 Å². The second kappa shape index (κ2) is 6.86. The van der Waals surface area contributed by atoms with Gasteiger partial charge in [0, 0.05) is 17.5 Å². The van der Waals surface area contributed by atoms with Crippen LogP contribution in [0.5, 0.6) is 11.5 Å². The summed E-state index contributed by atoms with van der Waals surface area (Å²) in [6, 6.07) is 5.50. The van der Waals surface area contributed by atoms with Gasteiger partial charge in [0.1, 0.15) is 23.0 Å². The summed E-state index contributed by atoms with van der Waals surface area (Å²) in [7, 11) is 3.21. The van der Waals surface area contributed by atoms with Crippen molar-refractivity contribution < 1.29 is 14.3 Å². The van der Waals surface area contributed by atoms with Crippen molar-refractivity contribution in [1.29, 1.82) is 0 Å². The van der Waals surface area contributed by atoms with Crippen molar-refractivity contribution in [3.05, 3.63) is 29.5 Å². The highest BCUT2D eigenvalue weighted by Gasteiger charge is 2.27. The van der Waals surface area contributed by atoms with Crippen LogP contribution in [0, 0.1) is 5.92 Å². The third-order valence-electron chi connectivity index (χ3n) is 4.44. The normalized spacial score (nSPS) is 20.3. The largest absolute Gasteiger partial charge is 0.497 e. The number of hydrogen-bond donors (Lipinski definition) is 1. The molecule has 0 saturated heterocycles. The molecule has 122 valence electrons. The van der Waals surface area contributed by atoms with Crippen molar-refractivity contribution in [2.75, 3.05) is 14.2 Å². The molecule has 1 fully saturated rings. The fourth-order valence-corrected chi connectivity index (χ4v) is 3.14. The van der Waals surface area contributed by atoms with E-state index in [2.05, 4.69) is 10.3 Å². The first-order chi connectivity index (χ1) is 11.2. The van der Waals surface area contributed by atoms with Crippen molar-refractivity contribution in [1.82, 2.24) is 5.32 Å². The fraction of sp³-hybridized carbons (Fsp3) is 0.444. The quantitative estimate of drug-likeness (QED) is 0.869. The van der Waals surface area contributed by atoms with Gasteiger partial charge in [-0.2, -0.15) is 0 Å². The van der Waals surface area contributed by atoms with Crippen LogP contribution < -0.4 is 14.8 Å². The van der Waals surface area contributed by atoms with Crippen molar-refractivity contribution >= 4 is 17.8 Å². The minimum absolute atomic E-state index is 0.136. The molecule has 5 nitrogen and oxygen atoms in total. The second-order valence-corrected chi connectivity index (χ2v) is 5.92. The molecule has 1 saturated carbocycles. The summed E-state index contributed by atoms with van der Waals surface area (Å²) in [6.07, 6.45) is 7.69. The fourth-order valence-electron chi connectivity index (χ4n) is 3.14. The monoisotopic (exact) mass is 314 g/mol. The Morgan fingerprint density at radius 2 is 1.96 bits per heavy atom. The number of amides is 1. The van der Waals surface area contributed by atoms with Crippen molar-refractivity contribution in [3.63, 3.8) is 0 Å². The molecule has 1 aromatic carbocycles. The van der Waals surface area contributed by atoms with Crippen LogP contribution in [0.25, 0.3) is 6.08 Å². The van der Waals surface area contributed by atoms with E-state index in [1.165, 1.54) is 19.3 Å². The number of ether oxygens (including phenoxy) is 2. The van der Waals surface area contributed by atoms with Gasteiger partial charge in [0.25, 0.3) is 5.91 Å². The van der Waals surface area contributed by atoms with E-state index in [4.69, 9.17) is 9.47 Å². The Morgan fingerprint density at radius 1 is 1.17 bits per heavy atom. The highest BCUT2D eigenvalue weighted by Crippen LogP contribution is 2.29. The maximum Gasteiger partial charge on any atom is 0.275 e. The number of amidine groups is 1. The molecule has 1 N–H and O–H groups in total. The summed E-state index contributed by atoms with van der Waals surface area (Å²) in [5.41, 5.74) is 1.25. The van der Waals surface area contributed by atoms with E-state index in [0.29, 0.717) is 23.1 Å². The molecule has 1 aliphatic carbocycles. The molecule has 0 radical (unpaired) electrons. The zero-order chi connectivity index (χ0) is 16.2. The van der Waals surface area contributed by atoms with E-state index in [-0.39, 0.29) is 5.91 Å². The van der Waals surface area contributed by atoms with Gasteiger partial charge in [0.2, 0.25) is 0 Å². The Morgan fingerprint density at radius 3 is 2.65 bits per heavy atom. The van der Waals surface area contributed by atoms with E-state index in [1.54, 1.807) is 26.4 Å². The highest BCUT2D eigenvalue weighted by molar-refractivity contribution is 6.15. The van der Waals surface area contributed by atoms with Gasteiger partial charge in [-0.15, -0.1) is 0 Å². The molecule has 0 bridgehead atoms. The number of rotatable bonds is 4. The number of benzene rings is 1. The lowest BCUT2D eigenvalue weighted by atomic mass is 9.88. The minimum Gasteiger partial charge on any atom is -0.497 e. The predicted molar refractivity (Wildman–Crippen MR) is 89.7 cm³/mol. The molecule has 0 unspecified atom stereocenters. The molecule has 1 aromatic rings. The van der Waals surface area contributed by atoms with Crippen LogP contribution in [0.2, 0.25) is 0 Å². The highest BCUT2D eigenvalue weighted by atomic mass is 16.5. The lowest BCUT2D eigenvalue weighted by molar-refractivity contribution is -0.115. The smallest absolute Gasteiger partial charge is 0.275 e. The summed E-state index contributed by atoms with van der Waals surface area (Å²) in [5.74, 6) is 2.45. The summed E-state index contributed by atoms with van der Waals surface area (Å²) < 4.78 is 10.6. The van der Waals surface area contributed by atoms with E-state index in [1.807, 2.05) is 12.1 Å². The predicted octanol–water partition coefficient (Wildman–Crippen LogP) is 3.15. The zero-order valence-electron chi connectivity index (χ0n) is 13.6. The van der Waals surface area contributed by atoms with Crippen LogP contribution in [-0.4, -0.2) is 26.0 Å². The van der Waals surface area contributed by atoms with Gasteiger partial charge >= 0.3 is 0 Å². The van der Waals surface area contributed by atoms with Crippen LogP contribution >= 0.6 is 0 Å². The SMILES string of the molecule is COc1ccc(/C=C2/N=C(C3CCCCC3)NC2=O)c(OC)c1. The van der Waals surface area contributed by atoms with Crippen LogP contribution in [0.15, 0.2) is 28.9 Å². The van der Waals surface area contributed by atoms with E-state index < -0.39 is 0 Å². The molecule has 2 aliphatic rings.